The summed E-state index contributed by atoms with van der Waals surface area (Å²) in [6.07, 6.45) is 26.8. The Bertz CT molecular complexity index is 7210. The number of benzene rings is 6. The number of hydrogen-bond acceptors (Lipinski definition) is 23. The van der Waals surface area contributed by atoms with Crippen molar-refractivity contribution in [3.8, 4) is 33.9 Å². The second-order valence-corrected chi connectivity index (χ2v) is 35.2. The number of anilines is 10. The summed E-state index contributed by atoms with van der Waals surface area (Å²) < 4.78 is 14.7. The number of aryl methyl sites for hydroxylation is 5. The van der Waals surface area contributed by atoms with Crippen molar-refractivity contribution in [1.82, 2.24) is 87.7 Å². The molecular weight excluding hydrogens is 1790 g/mol. The number of aromatic nitrogens is 15. The molecule has 2 aliphatic heterocycles. The van der Waals surface area contributed by atoms with Crippen molar-refractivity contribution < 1.29 is 33.5 Å². The second kappa shape index (κ2) is 43.8. The molecule has 36 heteroatoms. The Balaban J connectivity index is 0.000000148. The summed E-state index contributed by atoms with van der Waals surface area (Å²) in [5.41, 5.74) is 26.7. The zero-order chi connectivity index (χ0) is 98.2. The molecule has 2 atom stereocenters. The summed E-state index contributed by atoms with van der Waals surface area (Å²) in [5, 5.41) is 32.2. The summed E-state index contributed by atoms with van der Waals surface area (Å²) >= 11 is 13.4. The van der Waals surface area contributed by atoms with Gasteiger partial charge in [-0.15, -0.1) is 0 Å². The molecule has 0 bridgehead atoms. The van der Waals surface area contributed by atoms with Crippen LogP contribution in [0.2, 0.25) is 10.0 Å². The third kappa shape index (κ3) is 23.9. The number of nitrogens with one attached hydrogen (secondary N) is 6. The number of piperidine rings is 2. The molecule has 0 spiro atoms. The van der Waals surface area contributed by atoms with Gasteiger partial charge in [-0.25, -0.2) is 39.1 Å². The number of hydrogen-bond donors (Lipinski definition) is 8. The molecule has 10 N–H and O–H groups in total. The van der Waals surface area contributed by atoms with Gasteiger partial charge in [0.05, 0.1) is 46.8 Å². The van der Waals surface area contributed by atoms with Crippen molar-refractivity contribution in [2.75, 3.05) is 83.6 Å². The first kappa shape index (κ1) is 97.7. The van der Waals surface area contributed by atoms with Crippen LogP contribution in [0.15, 0.2) is 256 Å². The maximum absolute atomic E-state index is 13.2. The van der Waals surface area contributed by atoms with Crippen molar-refractivity contribution in [2.24, 2.45) is 14.1 Å². The number of likely N-dealkylation sites (tertiary alicyclic amines) is 2. The first-order valence-electron chi connectivity index (χ1n) is 44.4. The Hall–Kier alpha value is -16.3. The first-order valence-corrected chi connectivity index (χ1v) is 45.1. The molecule has 9 aromatic heterocycles. The van der Waals surface area contributed by atoms with Crippen LogP contribution in [0.3, 0.4) is 0 Å². The van der Waals surface area contributed by atoms with E-state index in [2.05, 4.69) is 118 Å². The minimum Gasteiger partial charge on any atom is -0.457 e. The Morgan fingerprint density at radius 1 is 0.630 bits per heavy atom. The number of rotatable bonds is 24. The number of ether oxygens (including phenoxy) is 1. The standard InChI is InChI=1S/C30H34N8O2.C28H27Cl2N5O2.C25H27N5O3.C19H18N8O/c1-20-13-14-32-24(19-20)34-30(40)22-11-9-21(10-12-22)26-27-28(31)33-15-18-38(27)29(35-26)23-7-4-5-17-37(23)25(39)8-6-16-36(2)3;1-4-23(36)34-11-5-6-19(14-34)26-25(30)24(27-28(31)32-15-33-35(26)27)18-8-10-22(17(3)12-18)37-20-9-7-16(2)21(29)13-20;1-6-21(31)26-18-11-8-12-19(14-18)27-22-24(33)30(5)15-20(28-22)29-23(32)16-9-7-10-17(13-16)25(2,3)4;1-3-17(28)23-15-6-4-5-13(7-15)11-27-18-14(9-22-27)8-20-19(25-18)24-16-10-21-26(2)12-16/h6,8-15,18-19,23H,4-5,7,16-17H2,1-3H3,(H2,31,33)(H,32,34,40);4,7-10,12-13,15,19H,1,5-6,11,14H2,2-3H3,(H2,31,32,33);6-15H,1H2,2-5H3,(H,26,31)(H,27,28)(H,29,32);3-10,12H,1,11H2,2H3,(H,23,28)(H,20,24,25)/b8-6+;;;/t23-;;;/m0.../s1. The maximum Gasteiger partial charge on any atom is 0.293 e. The summed E-state index contributed by atoms with van der Waals surface area (Å²) in [6, 6.07) is 44.0. The van der Waals surface area contributed by atoms with Crippen molar-refractivity contribution in [1.29, 1.82) is 0 Å². The molecular formula is C102H106Cl2N26O8. The van der Waals surface area contributed by atoms with Gasteiger partial charge in [-0.3, -0.25) is 42.6 Å². The first-order chi connectivity index (χ1) is 66.3. The molecule has 15 aromatic rings. The Morgan fingerprint density at radius 3 is 2.07 bits per heavy atom. The monoisotopic (exact) mass is 1890 g/mol. The van der Waals surface area contributed by atoms with Gasteiger partial charge in [0.2, 0.25) is 29.6 Å². The Morgan fingerprint density at radius 2 is 1.36 bits per heavy atom. The molecule has 0 saturated carbocycles. The lowest BCUT2D eigenvalue weighted by atomic mass is 9.86. The van der Waals surface area contributed by atoms with Gasteiger partial charge in [0, 0.05) is 134 Å². The van der Waals surface area contributed by atoms with Crippen LogP contribution in [-0.4, -0.2) is 163 Å². The summed E-state index contributed by atoms with van der Waals surface area (Å²) in [4.78, 5) is 123. The minimum absolute atomic E-state index is 0.00399. The predicted molar refractivity (Wildman–Crippen MR) is 541 cm³/mol. The number of imidazole rings is 1. The van der Waals surface area contributed by atoms with Gasteiger partial charge in [0.15, 0.2) is 23.1 Å². The quantitative estimate of drug-likeness (QED) is 0.0260. The molecule has 2 fully saturated rings. The van der Waals surface area contributed by atoms with Crippen LogP contribution in [0, 0.1) is 20.8 Å². The lowest BCUT2D eigenvalue weighted by Gasteiger charge is -2.34. The Labute approximate surface area is 806 Å². The molecule has 0 aliphatic carbocycles. The van der Waals surface area contributed by atoms with Crippen LogP contribution in [0.1, 0.15) is 125 Å². The van der Waals surface area contributed by atoms with Crippen LogP contribution < -0.4 is 53.7 Å². The number of pyridine rings is 1. The van der Waals surface area contributed by atoms with Gasteiger partial charge in [-0.2, -0.15) is 20.3 Å². The second-order valence-electron chi connectivity index (χ2n) is 34.4. The van der Waals surface area contributed by atoms with E-state index in [0.717, 1.165) is 99.2 Å². The number of carbonyl (C=O) groups is 6. The predicted octanol–water partition coefficient (Wildman–Crippen LogP) is 17.4. The fourth-order valence-electron chi connectivity index (χ4n) is 15.8. The number of halogens is 2. The highest BCUT2D eigenvalue weighted by Gasteiger charge is 2.35. The number of amides is 6. The van der Waals surface area contributed by atoms with E-state index in [9.17, 15) is 33.6 Å². The lowest BCUT2D eigenvalue weighted by molar-refractivity contribution is -0.130. The normalized spacial score (nSPS) is 13.5. The van der Waals surface area contributed by atoms with Crippen LogP contribution in [0.4, 0.5) is 57.8 Å². The third-order valence-corrected chi connectivity index (χ3v) is 23.6. The van der Waals surface area contributed by atoms with Gasteiger partial charge >= 0.3 is 0 Å². The highest BCUT2D eigenvalue weighted by molar-refractivity contribution is 6.35. The van der Waals surface area contributed by atoms with Crippen molar-refractivity contribution in [3.63, 3.8) is 0 Å². The zero-order valence-corrected chi connectivity index (χ0v) is 79.5. The molecule has 2 saturated heterocycles. The van der Waals surface area contributed by atoms with Gasteiger partial charge in [0.1, 0.15) is 52.0 Å². The van der Waals surface area contributed by atoms with Crippen LogP contribution in [0.5, 0.6) is 11.5 Å². The van der Waals surface area contributed by atoms with Gasteiger partial charge in [-0.1, -0.05) is 124 Å². The number of likely N-dealkylation sites (N-methyl/N-ethyl adjacent to an activating group) is 1. The largest absolute Gasteiger partial charge is 0.457 e. The van der Waals surface area contributed by atoms with E-state index < -0.39 is 0 Å². The highest BCUT2D eigenvalue weighted by atomic mass is 35.5. The SMILES string of the molecule is C=CC(=O)N1CCCC(c2c(Cl)c(-c3ccc(Oc4ccc(C)c(Cl)c4)c(C)c3)c3c(N)ncnn23)C1.C=CC(=O)Nc1cccc(Cn2ncc3cnc(Nc4cnn(C)c4)nc32)c1.C=CC(=O)Nc1cccc(Nc2nc(NC(=O)c3cccc(C(C)(C)C)c3)cn(C)c2=O)c1.Cc1ccnc(NC(=O)c2ccc(-c3nc([C@@H]4CCCCN4C(=O)/C=C/CN(C)C)n4ccnc(N)c34)cc2)c1. The number of carbonyl (C=O) groups excluding carboxylic acids is 6. The van der Waals surface area contributed by atoms with Crippen molar-refractivity contribution in [3.05, 3.63) is 322 Å². The van der Waals surface area contributed by atoms with Crippen LogP contribution >= 0.6 is 23.2 Å². The van der Waals surface area contributed by atoms with E-state index in [1.807, 2.05) is 172 Å². The molecule has 2 aliphatic rings. The summed E-state index contributed by atoms with van der Waals surface area (Å²) in [6.45, 7) is 25.7. The van der Waals surface area contributed by atoms with Gasteiger partial charge < -0.3 is 67.4 Å². The smallest absolute Gasteiger partial charge is 0.293 e. The van der Waals surface area contributed by atoms with Gasteiger partial charge in [-0.05, 0) is 215 Å². The molecule has 11 heterocycles. The number of fused-ring (bicyclic) bond motifs is 3. The van der Waals surface area contributed by atoms with Crippen LogP contribution in [-0.2, 0) is 45.2 Å². The van der Waals surface area contributed by atoms with E-state index in [1.54, 1.807) is 111 Å². The Kier molecular flexibility index (Phi) is 31.0. The molecule has 6 aromatic carbocycles. The number of nitrogen functional groups attached to an aromatic ring is 2. The van der Waals surface area contributed by atoms with E-state index in [1.165, 1.54) is 35.3 Å². The van der Waals surface area contributed by atoms with E-state index in [-0.39, 0.29) is 70.0 Å². The van der Waals surface area contributed by atoms with E-state index in [0.29, 0.717) is 128 Å². The molecule has 6 amide bonds. The minimum atomic E-state index is -0.372. The molecule has 1 unspecified atom stereocenters. The topological polar surface area (TPSA) is 415 Å². The number of nitrogens with zero attached hydrogens (tertiary/aromatic N) is 18. The average molecular weight is 1900 g/mol. The lowest BCUT2D eigenvalue weighted by Crippen LogP contribution is -2.38. The van der Waals surface area contributed by atoms with Crippen molar-refractivity contribution >= 4 is 138 Å². The number of nitrogens with two attached hydrogens (primary N) is 2. The van der Waals surface area contributed by atoms with Crippen molar-refractivity contribution in [2.45, 2.75) is 97.6 Å². The fourth-order valence-corrected chi connectivity index (χ4v) is 16.4. The fraction of sp³-hybridized carbons (Fsp3) is 0.225. The molecule has 138 heavy (non-hydrogen) atoms. The summed E-state index contributed by atoms with van der Waals surface area (Å²) in [5.74, 6) is 2.74. The zero-order valence-electron chi connectivity index (χ0n) is 78.0. The summed E-state index contributed by atoms with van der Waals surface area (Å²) in [7, 11) is 7.35. The van der Waals surface area contributed by atoms with E-state index >= 15 is 0 Å². The van der Waals surface area contributed by atoms with Gasteiger partial charge in [0.25, 0.3) is 17.4 Å². The average Bonchev–Trinajstić information content (AvgIpc) is 1.59. The third-order valence-electron chi connectivity index (χ3n) is 22.8. The molecule has 0 radical (unpaired) electrons. The van der Waals surface area contributed by atoms with E-state index in [4.69, 9.17) is 44.4 Å². The highest BCUT2D eigenvalue weighted by Crippen LogP contribution is 2.45. The maximum atomic E-state index is 13.2. The molecule has 706 valence electrons. The molecule has 17 rings (SSSR count). The van der Waals surface area contributed by atoms with Crippen LogP contribution in [0.25, 0.3) is 44.5 Å². The molecule has 34 nitrogen and oxygen atoms in total.